The van der Waals surface area contributed by atoms with E-state index in [1.807, 2.05) is 6.20 Å². The lowest BCUT2D eigenvalue weighted by atomic mass is 9.85. The van der Waals surface area contributed by atoms with Crippen molar-refractivity contribution in [1.82, 2.24) is 29.9 Å². The Labute approximate surface area is 126 Å². The Bertz CT molecular complexity index is 747. The zero-order valence-corrected chi connectivity index (χ0v) is 11.9. The first kappa shape index (κ1) is 12.9. The summed E-state index contributed by atoms with van der Waals surface area (Å²) in [6.45, 7) is 0.473. The van der Waals surface area contributed by atoms with E-state index in [-0.39, 0.29) is 0 Å². The summed E-state index contributed by atoms with van der Waals surface area (Å²) < 4.78 is 6.87. The van der Waals surface area contributed by atoms with E-state index in [0.29, 0.717) is 24.3 Å². The quantitative estimate of drug-likeness (QED) is 0.768. The van der Waals surface area contributed by atoms with Gasteiger partial charge in [-0.1, -0.05) is 11.6 Å². The molecule has 112 valence electrons. The summed E-state index contributed by atoms with van der Waals surface area (Å²) in [5.41, 5.74) is 0.843. The highest BCUT2D eigenvalue weighted by Crippen LogP contribution is 2.34. The third-order valence-corrected chi connectivity index (χ3v) is 3.74. The number of anilines is 1. The van der Waals surface area contributed by atoms with E-state index in [0.717, 1.165) is 24.4 Å². The molecule has 0 amide bonds. The first-order chi connectivity index (χ1) is 10.9. The molecule has 0 spiro atoms. The van der Waals surface area contributed by atoms with E-state index >= 15 is 0 Å². The van der Waals surface area contributed by atoms with E-state index in [1.165, 1.54) is 6.42 Å². The summed E-state index contributed by atoms with van der Waals surface area (Å²) in [4.78, 5) is 12.7. The smallest absolute Gasteiger partial charge is 0.250 e. The topological polar surface area (TPSA) is 94.6 Å². The second-order valence-electron chi connectivity index (χ2n) is 5.25. The van der Waals surface area contributed by atoms with Gasteiger partial charge in [0.15, 0.2) is 5.82 Å². The molecule has 1 saturated carbocycles. The number of nitrogens with one attached hydrogen (secondary N) is 1. The normalized spacial score (nSPS) is 14.7. The zero-order chi connectivity index (χ0) is 14.8. The van der Waals surface area contributed by atoms with Crippen molar-refractivity contribution in [2.45, 2.75) is 31.7 Å². The maximum atomic E-state index is 5.26. The SMILES string of the molecule is c1cnc(-n2cc(NCc3nc(C4CCC4)no3)cn2)nc1. The van der Waals surface area contributed by atoms with Gasteiger partial charge in [-0.25, -0.2) is 14.6 Å². The molecule has 0 unspecified atom stereocenters. The van der Waals surface area contributed by atoms with Crippen LogP contribution in [0.4, 0.5) is 5.69 Å². The molecule has 0 radical (unpaired) electrons. The summed E-state index contributed by atoms with van der Waals surface area (Å²) in [6, 6.07) is 1.77. The molecule has 3 aromatic heterocycles. The molecule has 8 heteroatoms. The van der Waals surface area contributed by atoms with Crippen LogP contribution in [0, 0.1) is 0 Å². The molecule has 1 N–H and O–H groups in total. The molecule has 0 atom stereocenters. The Morgan fingerprint density at radius 1 is 1.27 bits per heavy atom. The first-order valence-corrected chi connectivity index (χ1v) is 7.27. The van der Waals surface area contributed by atoms with Crippen LogP contribution in [-0.4, -0.2) is 29.9 Å². The third kappa shape index (κ3) is 2.54. The number of aromatic nitrogens is 6. The predicted molar refractivity (Wildman–Crippen MR) is 77.4 cm³/mol. The van der Waals surface area contributed by atoms with Crippen molar-refractivity contribution in [3.63, 3.8) is 0 Å². The van der Waals surface area contributed by atoms with Gasteiger partial charge < -0.3 is 9.84 Å². The van der Waals surface area contributed by atoms with Crippen LogP contribution in [0.1, 0.15) is 36.9 Å². The van der Waals surface area contributed by atoms with Crippen LogP contribution in [-0.2, 0) is 6.54 Å². The fourth-order valence-electron chi connectivity index (χ4n) is 2.28. The number of hydrogen-bond donors (Lipinski definition) is 1. The van der Waals surface area contributed by atoms with Crippen LogP contribution in [0.5, 0.6) is 0 Å². The van der Waals surface area contributed by atoms with Crippen LogP contribution in [0.2, 0.25) is 0 Å². The lowest BCUT2D eigenvalue weighted by Crippen LogP contribution is -2.10. The Balaban J connectivity index is 1.39. The summed E-state index contributed by atoms with van der Waals surface area (Å²) in [5.74, 6) is 2.43. The van der Waals surface area contributed by atoms with Crippen molar-refractivity contribution >= 4 is 5.69 Å². The minimum absolute atomic E-state index is 0.473. The zero-order valence-electron chi connectivity index (χ0n) is 11.9. The Morgan fingerprint density at radius 3 is 2.91 bits per heavy atom. The molecule has 4 rings (SSSR count). The molecular weight excluding hydrogens is 282 g/mol. The van der Waals surface area contributed by atoms with Gasteiger partial charge in [-0.15, -0.1) is 0 Å². The van der Waals surface area contributed by atoms with Crippen molar-refractivity contribution in [3.05, 3.63) is 42.6 Å². The maximum Gasteiger partial charge on any atom is 0.250 e. The highest BCUT2D eigenvalue weighted by molar-refractivity contribution is 5.39. The number of nitrogens with zero attached hydrogens (tertiary/aromatic N) is 6. The van der Waals surface area contributed by atoms with E-state index in [1.54, 1.807) is 29.3 Å². The standard InChI is InChI=1S/C14H15N7O/c1-3-10(4-1)13-19-12(22-20-13)8-17-11-7-18-21(9-11)14-15-5-2-6-16-14/h2,5-7,9-10,17H,1,3-4,8H2. The van der Waals surface area contributed by atoms with Gasteiger partial charge in [0.05, 0.1) is 24.6 Å². The molecule has 0 bridgehead atoms. The van der Waals surface area contributed by atoms with Gasteiger partial charge in [-0.3, -0.25) is 0 Å². The lowest BCUT2D eigenvalue weighted by molar-refractivity contribution is 0.349. The van der Waals surface area contributed by atoms with E-state index in [4.69, 9.17) is 4.52 Å². The van der Waals surface area contributed by atoms with Crippen molar-refractivity contribution in [1.29, 1.82) is 0 Å². The summed E-state index contributed by atoms with van der Waals surface area (Å²) in [6.07, 6.45) is 10.5. The number of rotatable bonds is 5. The lowest BCUT2D eigenvalue weighted by Gasteiger charge is -2.20. The van der Waals surface area contributed by atoms with Crippen LogP contribution in [0.15, 0.2) is 35.4 Å². The van der Waals surface area contributed by atoms with E-state index in [9.17, 15) is 0 Å². The van der Waals surface area contributed by atoms with Gasteiger partial charge >= 0.3 is 0 Å². The van der Waals surface area contributed by atoms with Crippen molar-refractivity contribution in [2.75, 3.05) is 5.32 Å². The molecule has 22 heavy (non-hydrogen) atoms. The fraction of sp³-hybridized carbons (Fsp3) is 0.357. The van der Waals surface area contributed by atoms with Gasteiger partial charge in [0.1, 0.15) is 0 Å². The average Bonchev–Trinajstić information content (AvgIpc) is 3.14. The van der Waals surface area contributed by atoms with Gasteiger partial charge in [-0.2, -0.15) is 10.1 Å². The Morgan fingerprint density at radius 2 is 2.14 bits per heavy atom. The largest absolute Gasteiger partial charge is 0.374 e. The molecule has 8 nitrogen and oxygen atoms in total. The first-order valence-electron chi connectivity index (χ1n) is 7.27. The maximum absolute atomic E-state index is 5.26. The van der Waals surface area contributed by atoms with Crippen molar-refractivity contribution in [3.8, 4) is 5.95 Å². The van der Waals surface area contributed by atoms with Crippen molar-refractivity contribution < 1.29 is 4.52 Å². The fourth-order valence-corrected chi connectivity index (χ4v) is 2.28. The minimum atomic E-state index is 0.473. The Kier molecular flexibility index (Phi) is 3.26. The van der Waals surface area contributed by atoms with Gasteiger partial charge in [0, 0.05) is 18.3 Å². The number of hydrogen-bond acceptors (Lipinski definition) is 7. The molecule has 1 aliphatic carbocycles. The molecule has 0 aliphatic heterocycles. The highest BCUT2D eigenvalue weighted by atomic mass is 16.5. The molecule has 0 saturated heterocycles. The minimum Gasteiger partial charge on any atom is -0.374 e. The van der Waals surface area contributed by atoms with Gasteiger partial charge in [-0.05, 0) is 18.9 Å². The van der Waals surface area contributed by atoms with Gasteiger partial charge in [0.2, 0.25) is 11.8 Å². The van der Waals surface area contributed by atoms with Gasteiger partial charge in [0.25, 0.3) is 0 Å². The van der Waals surface area contributed by atoms with Crippen LogP contribution >= 0.6 is 0 Å². The summed E-state index contributed by atoms with van der Waals surface area (Å²) in [5, 5.41) is 11.5. The molecule has 3 heterocycles. The Hall–Kier alpha value is -2.77. The average molecular weight is 297 g/mol. The van der Waals surface area contributed by atoms with E-state index in [2.05, 4.69) is 30.5 Å². The molecule has 1 aliphatic rings. The predicted octanol–water partition coefficient (Wildman–Crippen LogP) is 1.92. The second-order valence-corrected chi connectivity index (χ2v) is 5.25. The third-order valence-electron chi connectivity index (χ3n) is 3.74. The van der Waals surface area contributed by atoms with E-state index < -0.39 is 0 Å². The van der Waals surface area contributed by atoms with Crippen LogP contribution in [0.25, 0.3) is 5.95 Å². The summed E-state index contributed by atoms with van der Waals surface area (Å²) >= 11 is 0. The molecular formula is C14H15N7O. The highest BCUT2D eigenvalue weighted by Gasteiger charge is 2.24. The molecule has 0 aromatic carbocycles. The van der Waals surface area contributed by atoms with Crippen LogP contribution < -0.4 is 5.32 Å². The monoisotopic (exact) mass is 297 g/mol. The van der Waals surface area contributed by atoms with Crippen molar-refractivity contribution in [2.24, 2.45) is 0 Å². The molecule has 3 aromatic rings. The summed E-state index contributed by atoms with van der Waals surface area (Å²) in [7, 11) is 0. The second kappa shape index (κ2) is 5.55. The van der Waals surface area contributed by atoms with Crippen LogP contribution in [0.3, 0.4) is 0 Å². The molecule has 1 fully saturated rings.